The molecule has 0 aromatic heterocycles. The van der Waals surface area contributed by atoms with Crippen LogP contribution >= 0.6 is 0 Å². The fourth-order valence-corrected chi connectivity index (χ4v) is 2.59. The Morgan fingerprint density at radius 2 is 1.82 bits per heavy atom. The van der Waals surface area contributed by atoms with Crippen molar-refractivity contribution in [3.63, 3.8) is 0 Å². The van der Waals surface area contributed by atoms with Gasteiger partial charge in [0.05, 0.1) is 0 Å². The van der Waals surface area contributed by atoms with E-state index in [0.717, 1.165) is 25.3 Å². The van der Waals surface area contributed by atoms with Crippen molar-refractivity contribution in [2.45, 2.75) is 18.9 Å². The van der Waals surface area contributed by atoms with Crippen molar-refractivity contribution in [3.8, 4) is 0 Å². The molecule has 2 aromatic carbocycles. The van der Waals surface area contributed by atoms with E-state index in [1.165, 1.54) is 16.5 Å². The summed E-state index contributed by atoms with van der Waals surface area (Å²) in [4.78, 5) is 0. The first-order chi connectivity index (χ1) is 8.33. The van der Waals surface area contributed by atoms with Gasteiger partial charge in [-0.05, 0) is 30.2 Å². The summed E-state index contributed by atoms with van der Waals surface area (Å²) < 4.78 is 0. The molecule has 2 nitrogen and oxygen atoms in total. The second-order valence-electron chi connectivity index (χ2n) is 5.01. The first-order valence-corrected chi connectivity index (χ1v) is 6.30. The zero-order valence-electron chi connectivity index (χ0n) is 9.89. The van der Waals surface area contributed by atoms with Crippen LogP contribution in [-0.4, -0.2) is 12.6 Å². The molecule has 0 atom stereocenters. The maximum absolute atomic E-state index is 5.80. The highest BCUT2D eigenvalue weighted by atomic mass is 14.9. The lowest BCUT2D eigenvalue weighted by Gasteiger charge is -2.32. The number of nitrogens with two attached hydrogens (primary N) is 1. The number of anilines is 1. The molecule has 0 unspecified atom stereocenters. The number of rotatable bonds is 3. The lowest BCUT2D eigenvalue weighted by Crippen LogP contribution is -2.39. The summed E-state index contributed by atoms with van der Waals surface area (Å²) in [6.07, 6.45) is 2.33. The van der Waals surface area contributed by atoms with Gasteiger partial charge >= 0.3 is 0 Å². The second-order valence-corrected chi connectivity index (χ2v) is 5.01. The number of fused-ring (bicyclic) bond motifs is 1. The molecule has 0 bridgehead atoms. The van der Waals surface area contributed by atoms with Crippen molar-refractivity contribution in [3.05, 3.63) is 42.5 Å². The predicted octanol–water partition coefficient (Wildman–Crippen LogP) is 2.99. The minimum absolute atomic E-state index is 0.439. The van der Waals surface area contributed by atoms with Crippen molar-refractivity contribution in [2.75, 3.05) is 11.9 Å². The maximum Gasteiger partial charge on any atom is 0.0419 e. The highest BCUT2D eigenvalue weighted by Crippen LogP contribution is 2.28. The first-order valence-electron chi connectivity index (χ1n) is 6.30. The third-order valence-electron chi connectivity index (χ3n) is 3.64. The largest absolute Gasteiger partial charge is 0.384 e. The molecule has 3 rings (SSSR count). The summed E-state index contributed by atoms with van der Waals surface area (Å²) in [5, 5.41) is 6.15. The van der Waals surface area contributed by atoms with Crippen LogP contribution in [0, 0.1) is 5.92 Å². The van der Waals surface area contributed by atoms with Crippen LogP contribution in [0.15, 0.2) is 42.5 Å². The minimum Gasteiger partial charge on any atom is -0.384 e. The Morgan fingerprint density at radius 3 is 2.65 bits per heavy atom. The Hall–Kier alpha value is -1.54. The van der Waals surface area contributed by atoms with Crippen LogP contribution < -0.4 is 11.1 Å². The summed E-state index contributed by atoms with van der Waals surface area (Å²) in [7, 11) is 0. The topological polar surface area (TPSA) is 38.0 Å². The van der Waals surface area contributed by atoms with Gasteiger partial charge in [-0.15, -0.1) is 0 Å². The fourth-order valence-electron chi connectivity index (χ4n) is 2.59. The van der Waals surface area contributed by atoms with Gasteiger partial charge < -0.3 is 11.1 Å². The average Bonchev–Trinajstić information content (AvgIpc) is 2.33. The number of nitrogens with one attached hydrogen (secondary N) is 1. The lowest BCUT2D eigenvalue weighted by molar-refractivity contribution is 0.280. The molecule has 1 aliphatic carbocycles. The summed E-state index contributed by atoms with van der Waals surface area (Å²) in [6.45, 7) is 1.04. The molecule has 0 spiro atoms. The summed E-state index contributed by atoms with van der Waals surface area (Å²) >= 11 is 0. The molecule has 1 aliphatic rings. The Balaban J connectivity index is 1.76. The Kier molecular flexibility index (Phi) is 2.73. The van der Waals surface area contributed by atoms with E-state index in [-0.39, 0.29) is 0 Å². The number of benzene rings is 2. The van der Waals surface area contributed by atoms with Crippen molar-refractivity contribution in [2.24, 2.45) is 11.7 Å². The van der Waals surface area contributed by atoms with Gasteiger partial charge in [0.25, 0.3) is 0 Å². The quantitative estimate of drug-likeness (QED) is 0.844. The number of hydrogen-bond acceptors (Lipinski definition) is 2. The smallest absolute Gasteiger partial charge is 0.0419 e. The maximum atomic E-state index is 5.80. The lowest BCUT2D eigenvalue weighted by atomic mass is 9.81. The Labute approximate surface area is 102 Å². The molecule has 0 saturated heterocycles. The van der Waals surface area contributed by atoms with E-state index < -0.39 is 0 Å². The molecule has 2 aromatic rings. The molecular formula is C15H18N2. The summed E-state index contributed by atoms with van der Waals surface area (Å²) in [5.41, 5.74) is 7.04. The molecule has 88 valence electrons. The van der Waals surface area contributed by atoms with Crippen molar-refractivity contribution in [1.29, 1.82) is 0 Å². The monoisotopic (exact) mass is 226 g/mol. The van der Waals surface area contributed by atoms with Crippen LogP contribution in [0.2, 0.25) is 0 Å². The normalized spacial score (nSPS) is 23.4. The van der Waals surface area contributed by atoms with Crippen molar-refractivity contribution < 1.29 is 0 Å². The average molecular weight is 226 g/mol. The molecule has 17 heavy (non-hydrogen) atoms. The molecule has 0 aliphatic heterocycles. The van der Waals surface area contributed by atoms with Gasteiger partial charge in [0, 0.05) is 23.7 Å². The van der Waals surface area contributed by atoms with Crippen LogP contribution in [-0.2, 0) is 0 Å². The van der Waals surface area contributed by atoms with E-state index in [9.17, 15) is 0 Å². The van der Waals surface area contributed by atoms with Gasteiger partial charge in [0.15, 0.2) is 0 Å². The van der Waals surface area contributed by atoms with Crippen LogP contribution in [0.4, 0.5) is 5.69 Å². The molecule has 1 saturated carbocycles. The standard InChI is InChI=1S/C15H18N2/c16-13-8-11(9-13)10-17-15-7-3-5-12-4-1-2-6-14(12)15/h1-7,11,13,17H,8-10,16H2. The van der Waals surface area contributed by atoms with E-state index in [2.05, 4.69) is 47.8 Å². The van der Waals surface area contributed by atoms with E-state index in [4.69, 9.17) is 5.73 Å². The molecule has 2 heteroatoms. The highest BCUT2D eigenvalue weighted by molar-refractivity contribution is 5.93. The third kappa shape index (κ3) is 2.13. The zero-order valence-corrected chi connectivity index (χ0v) is 9.89. The third-order valence-corrected chi connectivity index (χ3v) is 3.64. The molecule has 0 amide bonds. The van der Waals surface area contributed by atoms with Crippen molar-refractivity contribution in [1.82, 2.24) is 0 Å². The van der Waals surface area contributed by atoms with Gasteiger partial charge in [-0.1, -0.05) is 36.4 Å². The minimum atomic E-state index is 0.439. The molecule has 3 N–H and O–H groups in total. The van der Waals surface area contributed by atoms with E-state index >= 15 is 0 Å². The Bertz CT molecular complexity index is 510. The first kappa shape index (κ1) is 10.6. The fraction of sp³-hybridized carbons (Fsp3) is 0.333. The van der Waals surface area contributed by atoms with Gasteiger partial charge in [0.2, 0.25) is 0 Å². The van der Waals surface area contributed by atoms with Crippen LogP contribution in [0.1, 0.15) is 12.8 Å². The van der Waals surface area contributed by atoms with Gasteiger partial charge in [-0.3, -0.25) is 0 Å². The number of hydrogen-bond donors (Lipinski definition) is 2. The van der Waals surface area contributed by atoms with Crippen LogP contribution in [0.5, 0.6) is 0 Å². The molecule has 0 radical (unpaired) electrons. The highest BCUT2D eigenvalue weighted by Gasteiger charge is 2.25. The van der Waals surface area contributed by atoms with Crippen LogP contribution in [0.3, 0.4) is 0 Å². The van der Waals surface area contributed by atoms with Crippen molar-refractivity contribution >= 4 is 16.5 Å². The summed E-state index contributed by atoms with van der Waals surface area (Å²) in [6, 6.07) is 15.3. The van der Waals surface area contributed by atoms with Crippen LogP contribution in [0.25, 0.3) is 10.8 Å². The summed E-state index contributed by atoms with van der Waals surface area (Å²) in [5.74, 6) is 0.754. The molecule has 0 heterocycles. The van der Waals surface area contributed by atoms with E-state index in [0.29, 0.717) is 6.04 Å². The Morgan fingerprint density at radius 1 is 1.06 bits per heavy atom. The van der Waals surface area contributed by atoms with E-state index in [1.54, 1.807) is 0 Å². The predicted molar refractivity (Wildman–Crippen MR) is 73.1 cm³/mol. The van der Waals surface area contributed by atoms with Gasteiger partial charge in [0.1, 0.15) is 0 Å². The van der Waals surface area contributed by atoms with E-state index in [1.807, 2.05) is 0 Å². The SMILES string of the molecule is NC1CC(CNc2cccc3ccccc23)C1. The second kappa shape index (κ2) is 4.38. The molecular weight excluding hydrogens is 208 g/mol. The zero-order chi connectivity index (χ0) is 11.7. The molecule has 1 fully saturated rings. The van der Waals surface area contributed by atoms with Gasteiger partial charge in [-0.25, -0.2) is 0 Å². The van der Waals surface area contributed by atoms with Gasteiger partial charge in [-0.2, -0.15) is 0 Å².